The first kappa shape index (κ1) is 14.5. The van der Waals surface area contributed by atoms with Crippen LogP contribution < -0.4 is 5.32 Å². The summed E-state index contributed by atoms with van der Waals surface area (Å²) in [5.74, 6) is 0.0952. The Labute approximate surface area is 132 Å². The topological polar surface area (TPSA) is 45.2 Å². The minimum atomic E-state index is 0.0952. The Morgan fingerprint density at radius 3 is 2.90 bits per heavy atom. The molecule has 0 saturated carbocycles. The van der Waals surface area contributed by atoms with Crippen molar-refractivity contribution in [3.8, 4) is 0 Å². The zero-order valence-corrected chi connectivity index (χ0v) is 13.1. The molecule has 0 radical (unpaired) electrons. The number of halogens is 1. The largest absolute Gasteiger partial charge is 0.354 e. The van der Waals surface area contributed by atoms with Gasteiger partial charge in [0.25, 0.3) is 0 Å². The van der Waals surface area contributed by atoms with E-state index in [0.717, 1.165) is 41.8 Å². The third kappa shape index (κ3) is 4.03. The van der Waals surface area contributed by atoms with Crippen LogP contribution in [-0.4, -0.2) is 35.4 Å². The molecule has 0 spiro atoms. The average Bonchev–Trinajstić information content (AvgIpc) is 2.89. The highest BCUT2D eigenvalue weighted by molar-refractivity contribution is 7.09. The van der Waals surface area contributed by atoms with E-state index >= 15 is 0 Å². The molecular formula is C15H16ClN3OS. The molecule has 0 aliphatic carbocycles. The van der Waals surface area contributed by atoms with E-state index in [2.05, 4.69) is 20.6 Å². The second kappa shape index (κ2) is 6.56. The number of nitrogens with one attached hydrogen (secondary N) is 1. The highest BCUT2D eigenvalue weighted by atomic mass is 35.5. The highest BCUT2D eigenvalue weighted by Gasteiger charge is 2.17. The second-order valence-corrected chi connectivity index (χ2v) is 6.48. The molecule has 6 heteroatoms. The van der Waals surface area contributed by atoms with Crippen molar-refractivity contribution in [1.82, 2.24) is 15.2 Å². The van der Waals surface area contributed by atoms with Crippen molar-refractivity contribution in [3.63, 3.8) is 0 Å². The average molecular weight is 322 g/mol. The van der Waals surface area contributed by atoms with Gasteiger partial charge in [-0.2, -0.15) is 0 Å². The van der Waals surface area contributed by atoms with E-state index in [-0.39, 0.29) is 5.91 Å². The number of hydrogen-bond acceptors (Lipinski definition) is 4. The number of carbonyl (C=O) groups excluding carboxylic acids is 1. The van der Waals surface area contributed by atoms with Gasteiger partial charge in [0, 0.05) is 36.5 Å². The van der Waals surface area contributed by atoms with Crippen molar-refractivity contribution in [3.05, 3.63) is 50.9 Å². The van der Waals surface area contributed by atoms with Crippen LogP contribution >= 0.6 is 22.9 Å². The van der Waals surface area contributed by atoms with Crippen LogP contribution in [0, 0.1) is 0 Å². The molecule has 2 heterocycles. The summed E-state index contributed by atoms with van der Waals surface area (Å²) in [7, 11) is 0. The van der Waals surface area contributed by atoms with Gasteiger partial charge >= 0.3 is 0 Å². The first-order valence-electron chi connectivity index (χ1n) is 6.86. The number of piperazine rings is 1. The maximum atomic E-state index is 11.4. The number of thiazole rings is 1. The summed E-state index contributed by atoms with van der Waals surface area (Å²) in [5.41, 5.74) is 2.25. The minimum absolute atomic E-state index is 0.0952. The van der Waals surface area contributed by atoms with Gasteiger partial charge in [-0.1, -0.05) is 23.7 Å². The summed E-state index contributed by atoms with van der Waals surface area (Å²) < 4.78 is 0. The molecule has 1 amide bonds. The van der Waals surface area contributed by atoms with Crippen molar-refractivity contribution in [2.75, 3.05) is 19.6 Å². The van der Waals surface area contributed by atoms with Crippen LogP contribution in [0.25, 0.3) is 0 Å². The van der Waals surface area contributed by atoms with Crippen LogP contribution in [0.1, 0.15) is 16.3 Å². The first-order chi connectivity index (χ1) is 10.2. The molecule has 110 valence electrons. The van der Waals surface area contributed by atoms with Gasteiger partial charge in [0.15, 0.2) is 0 Å². The smallest absolute Gasteiger partial charge is 0.234 e. The summed E-state index contributed by atoms with van der Waals surface area (Å²) in [6.07, 6.45) is 0.822. The molecule has 1 fully saturated rings. The fraction of sp³-hybridized carbons (Fsp3) is 0.333. The Morgan fingerprint density at radius 1 is 1.33 bits per heavy atom. The molecule has 0 unspecified atom stereocenters. The third-order valence-electron chi connectivity index (χ3n) is 3.37. The van der Waals surface area contributed by atoms with Gasteiger partial charge in [-0.15, -0.1) is 11.3 Å². The summed E-state index contributed by atoms with van der Waals surface area (Å²) in [5, 5.41) is 6.76. The van der Waals surface area contributed by atoms with E-state index in [0.29, 0.717) is 6.54 Å². The van der Waals surface area contributed by atoms with Crippen LogP contribution in [0.2, 0.25) is 5.02 Å². The fourth-order valence-corrected chi connectivity index (χ4v) is 3.28. The molecule has 1 aromatic heterocycles. The highest BCUT2D eigenvalue weighted by Crippen LogP contribution is 2.18. The number of rotatable bonds is 4. The third-order valence-corrected chi connectivity index (χ3v) is 4.52. The van der Waals surface area contributed by atoms with Crippen molar-refractivity contribution in [2.24, 2.45) is 0 Å². The number of amides is 1. The normalized spacial score (nSPS) is 16.0. The van der Waals surface area contributed by atoms with E-state index in [9.17, 15) is 4.79 Å². The molecule has 1 aromatic carbocycles. The predicted octanol–water partition coefficient (Wildman–Crippen LogP) is 2.32. The lowest BCUT2D eigenvalue weighted by Gasteiger charge is -2.25. The van der Waals surface area contributed by atoms with Gasteiger partial charge in [0.2, 0.25) is 5.91 Å². The molecule has 3 rings (SSSR count). The molecular weight excluding hydrogens is 306 g/mol. The van der Waals surface area contributed by atoms with E-state index < -0.39 is 0 Å². The summed E-state index contributed by atoms with van der Waals surface area (Å²) in [4.78, 5) is 18.1. The standard InChI is InChI=1S/C15H16ClN3OS/c16-12-3-1-11(2-4-12)7-15-18-13(10-21-15)8-19-6-5-17-14(20)9-19/h1-4,10H,5-9H2,(H,17,20). The molecule has 0 atom stereocenters. The van der Waals surface area contributed by atoms with E-state index in [1.807, 2.05) is 24.3 Å². The quantitative estimate of drug-likeness (QED) is 0.940. The number of hydrogen-bond donors (Lipinski definition) is 1. The Hall–Kier alpha value is -1.43. The number of aromatic nitrogens is 1. The molecule has 1 saturated heterocycles. The molecule has 1 N–H and O–H groups in total. The first-order valence-corrected chi connectivity index (χ1v) is 8.11. The predicted molar refractivity (Wildman–Crippen MR) is 84.7 cm³/mol. The van der Waals surface area contributed by atoms with Crippen molar-refractivity contribution < 1.29 is 4.79 Å². The monoisotopic (exact) mass is 321 g/mol. The lowest BCUT2D eigenvalue weighted by molar-refractivity contribution is -0.124. The van der Waals surface area contributed by atoms with Crippen molar-refractivity contribution >= 4 is 28.8 Å². The lowest BCUT2D eigenvalue weighted by Crippen LogP contribution is -2.47. The molecule has 1 aliphatic heterocycles. The minimum Gasteiger partial charge on any atom is -0.354 e. The maximum absolute atomic E-state index is 11.4. The number of benzene rings is 1. The number of carbonyl (C=O) groups is 1. The van der Waals surface area contributed by atoms with Crippen LogP contribution in [0.3, 0.4) is 0 Å². The zero-order valence-electron chi connectivity index (χ0n) is 11.5. The molecule has 0 bridgehead atoms. The SMILES string of the molecule is O=C1CN(Cc2csc(Cc3ccc(Cl)cc3)n2)CCN1. The molecule has 21 heavy (non-hydrogen) atoms. The van der Waals surface area contributed by atoms with Crippen LogP contribution in [0.4, 0.5) is 0 Å². The van der Waals surface area contributed by atoms with Crippen molar-refractivity contribution in [2.45, 2.75) is 13.0 Å². The Bertz CT molecular complexity index is 626. The van der Waals surface area contributed by atoms with E-state index in [1.54, 1.807) is 11.3 Å². The Morgan fingerprint density at radius 2 is 2.14 bits per heavy atom. The summed E-state index contributed by atoms with van der Waals surface area (Å²) in [6.45, 7) is 2.81. The summed E-state index contributed by atoms with van der Waals surface area (Å²) >= 11 is 7.55. The van der Waals surface area contributed by atoms with Gasteiger partial charge in [-0.25, -0.2) is 4.98 Å². The van der Waals surface area contributed by atoms with Gasteiger partial charge in [-0.05, 0) is 17.7 Å². The second-order valence-electron chi connectivity index (χ2n) is 5.10. The molecule has 1 aliphatic rings. The van der Waals surface area contributed by atoms with Crippen LogP contribution in [0.15, 0.2) is 29.6 Å². The van der Waals surface area contributed by atoms with Gasteiger partial charge in [-0.3, -0.25) is 9.69 Å². The lowest BCUT2D eigenvalue weighted by atomic mass is 10.2. The Kier molecular flexibility index (Phi) is 4.53. The summed E-state index contributed by atoms with van der Waals surface area (Å²) in [6, 6.07) is 7.85. The molecule has 4 nitrogen and oxygen atoms in total. The fourth-order valence-electron chi connectivity index (χ4n) is 2.34. The van der Waals surface area contributed by atoms with Crippen LogP contribution in [0.5, 0.6) is 0 Å². The zero-order chi connectivity index (χ0) is 14.7. The van der Waals surface area contributed by atoms with Gasteiger partial charge in [0.05, 0.1) is 17.2 Å². The van der Waals surface area contributed by atoms with E-state index in [4.69, 9.17) is 11.6 Å². The molecule has 2 aromatic rings. The van der Waals surface area contributed by atoms with Crippen molar-refractivity contribution in [1.29, 1.82) is 0 Å². The van der Waals surface area contributed by atoms with Gasteiger partial charge in [0.1, 0.15) is 0 Å². The van der Waals surface area contributed by atoms with Gasteiger partial charge < -0.3 is 5.32 Å². The maximum Gasteiger partial charge on any atom is 0.234 e. The van der Waals surface area contributed by atoms with Crippen LogP contribution in [-0.2, 0) is 17.8 Å². The Balaban J connectivity index is 1.60. The van der Waals surface area contributed by atoms with E-state index in [1.165, 1.54) is 5.56 Å². The number of nitrogens with zero attached hydrogens (tertiary/aromatic N) is 2.